The molecule has 0 radical (unpaired) electrons. The highest BCUT2D eigenvalue weighted by molar-refractivity contribution is 7.89. The fraction of sp³-hybridized carbons (Fsp3) is 0.200. The molecule has 2 aromatic rings. The van der Waals surface area contributed by atoms with Crippen LogP contribution in [0.1, 0.15) is 23.6 Å². The molecule has 0 saturated heterocycles. The first-order chi connectivity index (χ1) is 9.95. The van der Waals surface area contributed by atoms with Gasteiger partial charge in [-0.1, -0.05) is 18.2 Å². The number of hydrogen-bond acceptors (Lipinski definition) is 4. The first-order valence-electron chi connectivity index (χ1n) is 6.65. The van der Waals surface area contributed by atoms with Gasteiger partial charge in [0, 0.05) is 5.69 Å². The summed E-state index contributed by atoms with van der Waals surface area (Å²) in [5.41, 5.74) is 2.70. The number of phenols is 1. The minimum Gasteiger partial charge on any atom is -0.508 e. The van der Waals surface area contributed by atoms with Gasteiger partial charge in [-0.25, -0.2) is 13.6 Å². The highest BCUT2D eigenvalue weighted by Crippen LogP contribution is 2.38. The summed E-state index contributed by atoms with van der Waals surface area (Å²) in [5, 5.41) is 18.3. The topological polar surface area (TPSA) is 92.4 Å². The zero-order valence-corrected chi connectivity index (χ0v) is 12.1. The highest BCUT2D eigenvalue weighted by Gasteiger charge is 2.24. The Hall–Kier alpha value is -2.05. The van der Waals surface area contributed by atoms with E-state index in [1.807, 2.05) is 12.1 Å². The van der Waals surface area contributed by atoms with Gasteiger partial charge in [0.15, 0.2) is 0 Å². The first kappa shape index (κ1) is 13.9. The average molecular weight is 304 g/mol. The smallest absolute Gasteiger partial charge is 0.238 e. The fourth-order valence-corrected chi connectivity index (χ4v) is 3.31. The third-order valence-corrected chi connectivity index (χ3v) is 4.66. The van der Waals surface area contributed by atoms with Crippen LogP contribution >= 0.6 is 0 Å². The van der Waals surface area contributed by atoms with Gasteiger partial charge in [-0.15, -0.1) is 0 Å². The molecule has 0 fully saturated rings. The Kier molecular flexibility index (Phi) is 3.35. The van der Waals surface area contributed by atoms with Crippen molar-refractivity contribution in [2.75, 3.05) is 5.32 Å². The molecule has 0 heterocycles. The van der Waals surface area contributed by atoms with Crippen LogP contribution in [-0.4, -0.2) is 13.5 Å². The lowest BCUT2D eigenvalue weighted by Gasteiger charge is -2.16. The maximum absolute atomic E-state index is 11.4. The van der Waals surface area contributed by atoms with E-state index in [1.165, 1.54) is 12.1 Å². The molecule has 4 N–H and O–H groups in total. The van der Waals surface area contributed by atoms with Crippen molar-refractivity contribution in [3.05, 3.63) is 53.6 Å². The summed E-state index contributed by atoms with van der Waals surface area (Å²) in [7, 11) is -3.71. The van der Waals surface area contributed by atoms with Gasteiger partial charge in [0.1, 0.15) is 5.75 Å². The number of nitrogens with two attached hydrogens (primary N) is 1. The molecule has 1 aliphatic carbocycles. The van der Waals surface area contributed by atoms with Gasteiger partial charge in [-0.3, -0.25) is 0 Å². The van der Waals surface area contributed by atoms with E-state index in [-0.39, 0.29) is 10.9 Å². The molecule has 3 rings (SSSR count). The SMILES string of the molecule is NS(=O)(=O)c1cccc(NC2CCc3c(O)cccc32)c1. The largest absolute Gasteiger partial charge is 0.508 e. The summed E-state index contributed by atoms with van der Waals surface area (Å²) in [5.74, 6) is 0.315. The molecule has 0 saturated carbocycles. The second kappa shape index (κ2) is 5.05. The van der Waals surface area contributed by atoms with Crippen LogP contribution in [0.5, 0.6) is 5.75 Å². The molecule has 110 valence electrons. The van der Waals surface area contributed by atoms with Crippen LogP contribution in [0.25, 0.3) is 0 Å². The van der Waals surface area contributed by atoms with E-state index in [4.69, 9.17) is 5.14 Å². The Morgan fingerprint density at radius 2 is 1.95 bits per heavy atom. The van der Waals surface area contributed by atoms with E-state index in [9.17, 15) is 13.5 Å². The number of benzene rings is 2. The highest BCUT2D eigenvalue weighted by atomic mass is 32.2. The van der Waals surface area contributed by atoms with Gasteiger partial charge in [0.05, 0.1) is 10.9 Å². The van der Waals surface area contributed by atoms with Gasteiger partial charge < -0.3 is 10.4 Å². The van der Waals surface area contributed by atoms with Crippen molar-refractivity contribution >= 4 is 15.7 Å². The lowest BCUT2D eigenvalue weighted by atomic mass is 10.1. The molecule has 5 nitrogen and oxygen atoms in total. The lowest BCUT2D eigenvalue weighted by Crippen LogP contribution is -2.13. The number of nitrogens with one attached hydrogen (secondary N) is 1. The van der Waals surface area contributed by atoms with Gasteiger partial charge in [-0.05, 0) is 48.2 Å². The zero-order chi connectivity index (χ0) is 15.0. The Labute approximate surface area is 123 Å². The van der Waals surface area contributed by atoms with Gasteiger partial charge in [0.2, 0.25) is 10.0 Å². The first-order valence-corrected chi connectivity index (χ1v) is 8.20. The maximum Gasteiger partial charge on any atom is 0.238 e. The molecule has 2 aromatic carbocycles. The van der Waals surface area contributed by atoms with Crippen molar-refractivity contribution in [1.82, 2.24) is 0 Å². The summed E-state index contributed by atoms with van der Waals surface area (Å²) in [6.45, 7) is 0. The second-order valence-electron chi connectivity index (χ2n) is 5.15. The molecule has 6 heteroatoms. The van der Waals surface area contributed by atoms with Crippen LogP contribution in [-0.2, 0) is 16.4 Å². The van der Waals surface area contributed by atoms with Crippen LogP contribution in [0, 0.1) is 0 Å². The predicted molar refractivity (Wildman–Crippen MR) is 80.6 cm³/mol. The molecular formula is C15H16N2O3S. The van der Waals surface area contributed by atoms with Crippen molar-refractivity contribution in [2.24, 2.45) is 5.14 Å². The second-order valence-corrected chi connectivity index (χ2v) is 6.71. The Morgan fingerprint density at radius 3 is 2.71 bits per heavy atom. The molecule has 0 aromatic heterocycles. The Bertz CT molecular complexity index is 787. The molecular weight excluding hydrogens is 288 g/mol. The van der Waals surface area contributed by atoms with E-state index in [0.717, 1.165) is 24.0 Å². The number of fused-ring (bicyclic) bond motifs is 1. The Balaban J connectivity index is 1.89. The van der Waals surface area contributed by atoms with Crippen LogP contribution in [0.4, 0.5) is 5.69 Å². The molecule has 1 unspecified atom stereocenters. The molecule has 1 atom stereocenters. The summed E-state index contributed by atoms with van der Waals surface area (Å²) in [6, 6.07) is 12.0. The average Bonchev–Trinajstić information content (AvgIpc) is 2.83. The third kappa shape index (κ3) is 2.72. The van der Waals surface area contributed by atoms with Gasteiger partial charge in [-0.2, -0.15) is 0 Å². The van der Waals surface area contributed by atoms with Crippen LogP contribution < -0.4 is 10.5 Å². The number of sulfonamides is 1. The maximum atomic E-state index is 11.4. The number of primary sulfonamides is 1. The van der Waals surface area contributed by atoms with Crippen LogP contribution in [0.3, 0.4) is 0 Å². The van der Waals surface area contributed by atoms with Crippen LogP contribution in [0.2, 0.25) is 0 Å². The molecule has 1 aliphatic rings. The zero-order valence-electron chi connectivity index (χ0n) is 11.3. The van der Waals surface area contributed by atoms with E-state index in [0.29, 0.717) is 11.4 Å². The summed E-state index contributed by atoms with van der Waals surface area (Å²) in [6.07, 6.45) is 1.65. The fourth-order valence-electron chi connectivity index (χ4n) is 2.75. The molecule has 0 spiro atoms. The van der Waals surface area contributed by atoms with Gasteiger partial charge in [0.25, 0.3) is 0 Å². The van der Waals surface area contributed by atoms with Crippen molar-refractivity contribution in [3.8, 4) is 5.75 Å². The van der Waals surface area contributed by atoms with Gasteiger partial charge >= 0.3 is 0 Å². The van der Waals surface area contributed by atoms with E-state index in [2.05, 4.69) is 5.32 Å². The Morgan fingerprint density at radius 1 is 1.19 bits per heavy atom. The number of aromatic hydroxyl groups is 1. The number of phenolic OH excluding ortho intramolecular Hbond substituents is 1. The third-order valence-electron chi connectivity index (χ3n) is 3.75. The van der Waals surface area contributed by atoms with E-state index in [1.54, 1.807) is 18.2 Å². The summed E-state index contributed by atoms with van der Waals surface area (Å²) < 4.78 is 22.8. The van der Waals surface area contributed by atoms with Crippen molar-refractivity contribution in [3.63, 3.8) is 0 Å². The summed E-state index contributed by atoms with van der Waals surface area (Å²) in [4.78, 5) is 0.0848. The molecule has 0 aliphatic heterocycles. The summed E-state index contributed by atoms with van der Waals surface area (Å²) >= 11 is 0. The van der Waals surface area contributed by atoms with Crippen molar-refractivity contribution < 1.29 is 13.5 Å². The monoisotopic (exact) mass is 304 g/mol. The van der Waals surface area contributed by atoms with E-state index >= 15 is 0 Å². The van der Waals surface area contributed by atoms with Crippen molar-refractivity contribution in [1.29, 1.82) is 0 Å². The minimum atomic E-state index is -3.71. The number of hydrogen-bond donors (Lipinski definition) is 3. The van der Waals surface area contributed by atoms with Crippen molar-refractivity contribution in [2.45, 2.75) is 23.8 Å². The molecule has 0 bridgehead atoms. The van der Waals surface area contributed by atoms with Crippen LogP contribution in [0.15, 0.2) is 47.4 Å². The molecule has 21 heavy (non-hydrogen) atoms. The predicted octanol–water partition coefficient (Wildman–Crippen LogP) is 2.14. The standard InChI is InChI=1S/C15H16N2O3S/c16-21(19,20)11-4-1-3-10(9-11)17-14-8-7-13-12(14)5-2-6-15(13)18/h1-6,9,14,17-18H,7-8H2,(H2,16,19,20). The quantitative estimate of drug-likeness (QED) is 0.810. The normalized spacial score (nSPS) is 17.5. The van der Waals surface area contributed by atoms with E-state index < -0.39 is 10.0 Å². The number of anilines is 1. The minimum absolute atomic E-state index is 0.0582. The number of rotatable bonds is 3. The molecule has 0 amide bonds. The lowest BCUT2D eigenvalue weighted by molar-refractivity contribution is 0.469.